The Morgan fingerprint density at radius 1 is 1.16 bits per heavy atom. The first-order valence-corrected chi connectivity index (χ1v) is 13.4. The third kappa shape index (κ3) is 4.55. The van der Waals surface area contributed by atoms with Crippen LogP contribution in [0, 0.1) is 0 Å². The SMILES string of the molecule is Cn1c(CSc2nc3sc4c(c3c(=O)[nH]2)CCCC4)nnc1SCC=Cc1ccccc1. The summed E-state index contributed by atoms with van der Waals surface area (Å²) in [5, 5.41) is 11.0. The predicted octanol–water partition coefficient (Wildman–Crippen LogP) is 5.09. The van der Waals surface area contributed by atoms with Gasteiger partial charge in [0.2, 0.25) is 0 Å². The predicted molar refractivity (Wildman–Crippen MR) is 134 cm³/mol. The fourth-order valence-corrected chi connectivity index (χ4v) is 6.71. The molecule has 3 aromatic heterocycles. The molecule has 4 aromatic rings. The van der Waals surface area contributed by atoms with Crippen molar-refractivity contribution in [3.05, 3.63) is 68.6 Å². The second kappa shape index (κ2) is 9.64. The topological polar surface area (TPSA) is 76.5 Å². The monoisotopic (exact) mass is 481 g/mol. The quantitative estimate of drug-likeness (QED) is 0.293. The molecule has 1 aromatic carbocycles. The molecule has 1 aliphatic carbocycles. The Morgan fingerprint density at radius 3 is 2.88 bits per heavy atom. The number of nitrogens with zero attached hydrogens (tertiary/aromatic N) is 4. The number of hydrogen-bond acceptors (Lipinski definition) is 7. The van der Waals surface area contributed by atoms with E-state index in [-0.39, 0.29) is 5.56 Å². The van der Waals surface area contributed by atoms with Crippen molar-refractivity contribution in [1.82, 2.24) is 24.7 Å². The van der Waals surface area contributed by atoms with Crippen molar-refractivity contribution in [1.29, 1.82) is 0 Å². The van der Waals surface area contributed by atoms with E-state index < -0.39 is 0 Å². The highest BCUT2D eigenvalue weighted by Crippen LogP contribution is 2.34. The average Bonchev–Trinajstić information content (AvgIpc) is 3.36. The number of hydrogen-bond donors (Lipinski definition) is 1. The van der Waals surface area contributed by atoms with E-state index in [9.17, 15) is 4.79 Å². The zero-order valence-electron chi connectivity index (χ0n) is 17.7. The molecule has 0 spiro atoms. The van der Waals surface area contributed by atoms with Gasteiger partial charge in [0.05, 0.1) is 11.1 Å². The van der Waals surface area contributed by atoms with E-state index in [2.05, 4.69) is 39.5 Å². The van der Waals surface area contributed by atoms with Gasteiger partial charge >= 0.3 is 0 Å². The van der Waals surface area contributed by atoms with Crippen molar-refractivity contribution in [3.63, 3.8) is 0 Å². The second-order valence-corrected chi connectivity index (χ2v) is 10.7. The Bertz CT molecular complexity index is 1320. The summed E-state index contributed by atoms with van der Waals surface area (Å²) in [6, 6.07) is 10.3. The van der Waals surface area contributed by atoms with E-state index in [0.29, 0.717) is 10.9 Å². The molecule has 0 atom stereocenters. The van der Waals surface area contributed by atoms with Crippen LogP contribution in [0.2, 0.25) is 0 Å². The number of thiophene rings is 1. The van der Waals surface area contributed by atoms with Gasteiger partial charge in [-0.3, -0.25) is 4.79 Å². The normalized spacial score (nSPS) is 13.8. The molecule has 0 saturated heterocycles. The lowest BCUT2D eigenvalue weighted by atomic mass is 9.97. The molecule has 0 saturated carbocycles. The number of nitrogens with one attached hydrogen (secondary N) is 1. The summed E-state index contributed by atoms with van der Waals surface area (Å²) >= 11 is 4.82. The zero-order valence-corrected chi connectivity index (χ0v) is 20.2. The molecule has 6 nitrogen and oxygen atoms in total. The minimum absolute atomic E-state index is 0.0173. The van der Waals surface area contributed by atoms with Gasteiger partial charge in [-0.25, -0.2) is 4.98 Å². The highest BCUT2D eigenvalue weighted by Gasteiger charge is 2.20. The number of aryl methyl sites for hydroxylation is 2. The van der Waals surface area contributed by atoms with Gasteiger partial charge in [0, 0.05) is 17.7 Å². The van der Waals surface area contributed by atoms with E-state index in [4.69, 9.17) is 4.98 Å². The van der Waals surface area contributed by atoms with Gasteiger partial charge < -0.3 is 9.55 Å². The first-order valence-electron chi connectivity index (χ1n) is 10.6. The van der Waals surface area contributed by atoms with Crippen LogP contribution in [0.4, 0.5) is 0 Å². The summed E-state index contributed by atoms with van der Waals surface area (Å²) in [6.45, 7) is 0. The van der Waals surface area contributed by atoms with Crippen LogP contribution in [0.25, 0.3) is 16.3 Å². The minimum Gasteiger partial charge on any atom is -0.308 e. The van der Waals surface area contributed by atoms with E-state index >= 15 is 0 Å². The zero-order chi connectivity index (χ0) is 21.9. The summed E-state index contributed by atoms with van der Waals surface area (Å²) < 4.78 is 2.01. The number of fused-ring (bicyclic) bond motifs is 3. The lowest BCUT2D eigenvalue weighted by molar-refractivity contribution is 0.700. The maximum atomic E-state index is 12.7. The van der Waals surface area contributed by atoms with Gasteiger partial charge in [-0.15, -0.1) is 21.5 Å². The van der Waals surface area contributed by atoms with Crippen LogP contribution >= 0.6 is 34.9 Å². The van der Waals surface area contributed by atoms with Gasteiger partial charge in [0.1, 0.15) is 10.7 Å². The highest BCUT2D eigenvalue weighted by atomic mass is 32.2. The molecule has 0 aliphatic heterocycles. The first-order chi connectivity index (χ1) is 15.7. The number of aromatic nitrogens is 5. The summed E-state index contributed by atoms with van der Waals surface area (Å²) in [6.07, 6.45) is 8.66. The number of H-pyrrole nitrogens is 1. The third-order valence-corrected chi connectivity index (χ3v) is 8.51. The fourth-order valence-electron chi connectivity index (χ4n) is 3.81. The van der Waals surface area contributed by atoms with E-state index in [1.54, 1.807) is 23.1 Å². The summed E-state index contributed by atoms with van der Waals surface area (Å²) in [7, 11) is 1.98. The van der Waals surface area contributed by atoms with Crippen LogP contribution in [0.3, 0.4) is 0 Å². The van der Waals surface area contributed by atoms with Crippen LogP contribution in [-0.2, 0) is 25.6 Å². The third-order valence-electron chi connectivity index (χ3n) is 5.48. The maximum absolute atomic E-state index is 12.7. The Kier molecular flexibility index (Phi) is 6.47. The van der Waals surface area contributed by atoms with Crippen molar-refractivity contribution >= 4 is 51.2 Å². The lowest BCUT2D eigenvalue weighted by Crippen LogP contribution is -2.11. The maximum Gasteiger partial charge on any atom is 0.260 e. The smallest absolute Gasteiger partial charge is 0.260 e. The molecule has 3 heterocycles. The van der Waals surface area contributed by atoms with Gasteiger partial charge in [0.25, 0.3) is 5.56 Å². The van der Waals surface area contributed by atoms with E-state index in [0.717, 1.165) is 46.2 Å². The molecule has 1 N–H and O–H groups in total. The molecule has 0 amide bonds. The van der Waals surface area contributed by atoms with Crippen LogP contribution in [0.15, 0.2) is 51.5 Å². The number of rotatable bonds is 7. The molecule has 1 aliphatic rings. The molecule has 0 bridgehead atoms. The second-order valence-electron chi connectivity index (χ2n) is 7.63. The Morgan fingerprint density at radius 2 is 2.00 bits per heavy atom. The molecular formula is C23H23N5OS3. The number of benzene rings is 1. The minimum atomic E-state index is -0.0173. The van der Waals surface area contributed by atoms with Gasteiger partial charge in [-0.05, 0) is 36.8 Å². The average molecular weight is 482 g/mol. The van der Waals surface area contributed by atoms with Crippen molar-refractivity contribution < 1.29 is 0 Å². The Labute approximate surface area is 198 Å². The van der Waals surface area contributed by atoms with Crippen LogP contribution in [0.1, 0.15) is 34.7 Å². The Balaban J connectivity index is 1.23. The highest BCUT2D eigenvalue weighted by molar-refractivity contribution is 7.99. The van der Waals surface area contributed by atoms with Crippen molar-refractivity contribution in [2.45, 2.75) is 41.7 Å². The standard InChI is InChI=1S/C23H23N5OS3/c1-28-18(26-27-23(28)30-13-7-10-15-8-3-2-4-9-15)14-31-22-24-20(29)19-16-11-5-6-12-17(16)32-21(19)25-22/h2-4,7-10H,5-6,11-14H2,1H3,(H,24,25,29). The molecular weight excluding hydrogens is 458 g/mol. The summed E-state index contributed by atoms with van der Waals surface area (Å²) in [4.78, 5) is 22.6. The number of thioether (sulfide) groups is 2. The molecule has 164 valence electrons. The molecule has 0 radical (unpaired) electrons. The van der Waals surface area contributed by atoms with Gasteiger partial charge in [-0.1, -0.05) is 66.0 Å². The first kappa shape index (κ1) is 21.5. The van der Waals surface area contributed by atoms with Crippen molar-refractivity contribution in [3.8, 4) is 0 Å². The lowest BCUT2D eigenvalue weighted by Gasteiger charge is -2.09. The molecule has 9 heteroatoms. The molecule has 0 fully saturated rings. The van der Waals surface area contributed by atoms with E-state index in [1.807, 2.05) is 29.8 Å². The Hall–Kier alpha value is -2.36. The summed E-state index contributed by atoms with van der Waals surface area (Å²) in [5.74, 6) is 2.28. The van der Waals surface area contributed by atoms with Gasteiger partial charge in [0.15, 0.2) is 10.3 Å². The van der Waals surface area contributed by atoms with Crippen molar-refractivity contribution in [2.24, 2.45) is 7.05 Å². The largest absolute Gasteiger partial charge is 0.308 e. The molecule has 32 heavy (non-hydrogen) atoms. The molecule has 5 rings (SSSR count). The van der Waals surface area contributed by atoms with Crippen LogP contribution in [0.5, 0.6) is 0 Å². The van der Waals surface area contributed by atoms with Crippen molar-refractivity contribution in [2.75, 3.05) is 5.75 Å². The van der Waals surface area contributed by atoms with Crippen LogP contribution in [-0.4, -0.2) is 30.5 Å². The number of aromatic amines is 1. The van der Waals surface area contributed by atoms with E-state index in [1.165, 1.54) is 34.2 Å². The fraction of sp³-hybridized carbons (Fsp3) is 0.304. The molecule has 0 unspecified atom stereocenters. The van der Waals surface area contributed by atoms with Crippen LogP contribution < -0.4 is 5.56 Å². The van der Waals surface area contributed by atoms with Gasteiger partial charge in [-0.2, -0.15) is 0 Å². The summed E-state index contributed by atoms with van der Waals surface area (Å²) in [5.41, 5.74) is 2.39.